The maximum absolute atomic E-state index is 5.97. The quantitative estimate of drug-likeness (QED) is 0.591. The molecule has 0 aliphatic carbocycles. The van der Waals surface area contributed by atoms with Crippen molar-refractivity contribution in [2.75, 3.05) is 7.11 Å². The average molecular weight is 249 g/mol. The maximum Gasteiger partial charge on any atom is 0.118 e. The topological polar surface area (TPSA) is 9.23 Å². The van der Waals surface area contributed by atoms with Crippen LogP contribution >= 0.6 is 23.2 Å². The van der Waals surface area contributed by atoms with Crippen molar-refractivity contribution in [1.82, 2.24) is 0 Å². The van der Waals surface area contributed by atoms with Gasteiger partial charge in [0.1, 0.15) is 18.3 Å². The molecule has 0 heterocycles. The Labute approximate surface area is 96.0 Å². The van der Waals surface area contributed by atoms with E-state index in [2.05, 4.69) is 13.1 Å². The van der Waals surface area contributed by atoms with Gasteiger partial charge >= 0.3 is 0 Å². The second kappa shape index (κ2) is 4.56. The summed E-state index contributed by atoms with van der Waals surface area (Å²) in [5.74, 6) is 0.860. The van der Waals surface area contributed by atoms with Gasteiger partial charge in [-0.2, -0.15) is 0 Å². The van der Waals surface area contributed by atoms with Crippen LogP contribution in [0.25, 0.3) is 0 Å². The van der Waals surface area contributed by atoms with Gasteiger partial charge in [-0.15, -0.1) is 23.2 Å². The zero-order valence-corrected chi connectivity index (χ0v) is 11.1. The van der Waals surface area contributed by atoms with E-state index in [1.165, 1.54) is 5.19 Å². The Hall–Kier alpha value is -0.183. The lowest BCUT2D eigenvalue weighted by molar-refractivity contribution is 0.415. The Bertz CT molecular complexity index is 295. The third-order valence-electron chi connectivity index (χ3n) is 2.38. The molecule has 0 saturated heterocycles. The molecule has 1 aromatic rings. The first-order valence-corrected chi connectivity index (χ1v) is 8.36. The van der Waals surface area contributed by atoms with Crippen molar-refractivity contribution in [2.24, 2.45) is 0 Å². The maximum atomic E-state index is 5.97. The summed E-state index contributed by atoms with van der Waals surface area (Å²) >= 11 is 11.9. The summed E-state index contributed by atoms with van der Waals surface area (Å²) in [5, 5.41) is 1.24. The Balaban J connectivity index is 2.97. The van der Waals surface area contributed by atoms with E-state index < -0.39 is 8.07 Å². The molecule has 0 aliphatic heterocycles. The molecule has 14 heavy (non-hydrogen) atoms. The first-order valence-electron chi connectivity index (χ1n) is 4.41. The average Bonchev–Trinajstić information content (AvgIpc) is 2.17. The summed E-state index contributed by atoms with van der Waals surface area (Å²) < 4.78 is 4.81. The lowest BCUT2D eigenvalue weighted by atomic mass is 10.3. The molecule has 1 rings (SSSR count). The molecule has 0 fully saturated rings. The van der Waals surface area contributed by atoms with E-state index in [1.54, 1.807) is 7.11 Å². The predicted octanol–water partition coefficient (Wildman–Crippen LogP) is 2.95. The first-order chi connectivity index (χ1) is 6.48. The van der Waals surface area contributed by atoms with Crippen LogP contribution in [0.1, 0.15) is 0 Å². The molecule has 78 valence electrons. The molecule has 0 amide bonds. The van der Waals surface area contributed by atoms with Gasteiger partial charge in [0.05, 0.1) is 7.11 Å². The van der Waals surface area contributed by atoms with Crippen LogP contribution in [-0.4, -0.2) is 19.6 Å². The molecular formula is C10H14Cl2OSi. The number of hydrogen-bond donors (Lipinski definition) is 0. The predicted molar refractivity (Wildman–Crippen MR) is 65.6 cm³/mol. The van der Waals surface area contributed by atoms with Crippen molar-refractivity contribution in [1.29, 1.82) is 0 Å². The van der Waals surface area contributed by atoms with E-state index in [4.69, 9.17) is 27.9 Å². The van der Waals surface area contributed by atoms with Crippen LogP contribution < -0.4 is 9.92 Å². The molecule has 0 unspecified atom stereocenters. The number of benzene rings is 1. The van der Waals surface area contributed by atoms with E-state index in [-0.39, 0.29) is 4.46 Å². The standard InChI is InChI=1S/C10H14Cl2OSi/c1-13-8-4-6-9(7-5-8)14(2,3)10(11)12/h4-7,10H,1-3H3. The van der Waals surface area contributed by atoms with E-state index in [0.717, 1.165) is 5.75 Å². The second-order valence-corrected chi connectivity index (χ2v) is 10.2. The summed E-state index contributed by atoms with van der Waals surface area (Å²) in [6, 6.07) is 7.98. The van der Waals surface area contributed by atoms with Crippen LogP contribution in [0.3, 0.4) is 0 Å². The minimum absolute atomic E-state index is 0.282. The lowest BCUT2D eigenvalue weighted by Gasteiger charge is -2.23. The van der Waals surface area contributed by atoms with Gasteiger partial charge in [-0.25, -0.2) is 0 Å². The highest BCUT2D eigenvalue weighted by atomic mass is 35.5. The minimum atomic E-state index is -1.72. The molecule has 0 radical (unpaired) electrons. The fourth-order valence-corrected chi connectivity index (χ4v) is 3.18. The molecule has 0 aliphatic rings. The van der Waals surface area contributed by atoms with Crippen LogP contribution in [0.15, 0.2) is 24.3 Å². The summed E-state index contributed by atoms with van der Waals surface area (Å²) in [7, 11) is -0.0609. The van der Waals surface area contributed by atoms with Gasteiger partial charge in [-0.3, -0.25) is 0 Å². The molecule has 1 nitrogen and oxygen atoms in total. The van der Waals surface area contributed by atoms with Crippen molar-refractivity contribution >= 4 is 36.5 Å². The van der Waals surface area contributed by atoms with E-state index in [1.807, 2.05) is 24.3 Å². The molecule has 0 bridgehead atoms. The number of hydrogen-bond acceptors (Lipinski definition) is 1. The number of methoxy groups -OCH3 is 1. The number of halogens is 2. The molecule has 0 atom stereocenters. The fraction of sp³-hybridized carbons (Fsp3) is 0.400. The third kappa shape index (κ3) is 2.44. The van der Waals surface area contributed by atoms with Crippen LogP contribution in [0.5, 0.6) is 5.75 Å². The Morgan fingerprint density at radius 2 is 1.64 bits per heavy atom. The summed E-state index contributed by atoms with van der Waals surface area (Å²) in [6.07, 6.45) is 0. The van der Waals surface area contributed by atoms with Crippen molar-refractivity contribution in [3.63, 3.8) is 0 Å². The first kappa shape index (κ1) is 11.9. The normalized spacial score (nSPS) is 11.9. The van der Waals surface area contributed by atoms with Crippen LogP contribution in [0.2, 0.25) is 13.1 Å². The van der Waals surface area contributed by atoms with Gasteiger partial charge in [0.25, 0.3) is 0 Å². The van der Waals surface area contributed by atoms with Crippen molar-refractivity contribution in [3.8, 4) is 5.75 Å². The molecule has 0 spiro atoms. The SMILES string of the molecule is COc1ccc([Si](C)(C)C(Cl)Cl)cc1. The molecule has 0 N–H and O–H groups in total. The minimum Gasteiger partial charge on any atom is -0.497 e. The van der Waals surface area contributed by atoms with Gasteiger partial charge in [-0.1, -0.05) is 30.4 Å². The molecule has 0 saturated carbocycles. The van der Waals surface area contributed by atoms with Gasteiger partial charge in [0, 0.05) is 0 Å². The van der Waals surface area contributed by atoms with Gasteiger partial charge < -0.3 is 4.74 Å². The van der Waals surface area contributed by atoms with Crippen LogP contribution in [-0.2, 0) is 0 Å². The molecule has 1 aromatic carbocycles. The summed E-state index contributed by atoms with van der Waals surface area (Å²) in [4.78, 5) is 0. The fourth-order valence-electron chi connectivity index (χ4n) is 1.15. The highest BCUT2D eigenvalue weighted by Crippen LogP contribution is 2.19. The molecular weight excluding hydrogens is 235 g/mol. The summed E-state index contributed by atoms with van der Waals surface area (Å²) in [5.41, 5.74) is 0. The Morgan fingerprint density at radius 1 is 1.14 bits per heavy atom. The van der Waals surface area contributed by atoms with Gasteiger partial charge in [-0.05, 0) is 12.1 Å². The number of ether oxygens (including phenoxy) is 1. The highest BCUT2D eigenvalue weighted by molar-refractivity contribution is 7.01. The van der Waals surface area contributed by atoms with Crippen molar-refractivity contribution in [2.45, 2.75) is 17.6 Å². The van der Waals surface area contributed by atoms with E-state index >= 15 is 0 Å². The zero-order chi connectivity index (χ0) is 10.8. The van der Waals surface area contributed by atoms with Crippen molar-refractivity contribution in [3.05, 3.63) is 24.3 Å². The largest absolute Gasteiger partial charge is 0.497 e. The zero-order valence-electron chi connectivity index (χ0n) is 8.55. The van der Waals surface area contributed by atoms with Gasteiger partial charge in [0.15, 0.2) is 0 Å². The molecule has 4 heteroatoms. The number of rotatable bonds is 3. The Morgan fingerprint density at radius 3 is 2.00 bits per heavy atom. The van der Waals surface area contributed by atoms with Crippen LogP contribution in [0, 0.1) is 0 Å². The van der Waals surface area contributed by atoms with Crippen molar-refractivity contribution < 1.29 is 4.74 Å². The highest BCUT2D eigenvalue weighted by Gasteiger charge is 2.30. The van der Waals surface area contributed by atoms with E-state index in [0.29, 0.717) is 0 Å². The monoisotopic (exact) mass is 248 g/mol. The summed E-state index contributed by atoms with van der Waals surface area (Å²) in [6.45, 7) is 4.30. The number of alkyl halides is 2. The lowest BCUT2D eigenvalue weighted by Crippen LogP contribution is -2.47. The smallest absolute Gasteiger partial charge is 0.118 e. The van der Waals surface area contributed by atoms with Crippen LogP contribution in [0.4, 0.5) is 0 Å². The third-order valence-corrected chi connectivity index (χ3v) is 8.57. The molecule has 0 aromatic heterocycles. The van der Waals surface area contributed by atoms with E-state index in [9.17, 15) is 0 Å². The van der Waals surface area contributed by atoms with Gasteiger partial charge in [0.2, 0.25) is 0 Å². The second-order valence-electron chi connectivity index (χ2n) is 3.75. The Kier molecular flexibility index (Phi) is 3.87.